The summed E-state index contributed by atoms with van der Waals surface area (Å²) in [5, 5.41) is 0. The number of urea groups is 2. The van der Waals surface area contributed by atoms with Gasteiger partial charge in [-0.1, -0.05) is 26.2 Å². The van der Waals surface area contributed by atoms with E-state index in [1.807, 2.05) is 0 Å². The summed E-state index contributed by atoms with van der Waals surface area (Å²) in [6, 6.07) is -0.331. The molecule has 0 atom stereocenters. The number of unbranched alkanes of at least 4 members (excludes halogenated alkanes) is 3. The number of nitrogens with zero attached hydrogens (tertiary/aromatic N) is 2. The lowest BCUT2D eigenvalue weighted by atomic mass is 10.2. The summed E-state index contributed by atoms with van der Waals surface area (Å²) in [4.78, 5) is 24.6. The Balaban J connectivity index is 2.16. The van der Waals surface area contributed by atoms with E-state index in [9.17, 15) is 9.59 Å². The number of hydrogen-bond donors (Lipinski definition) is 0. The summed E-state index contributed by atoms with van der Waals surface area (Å²) in [5.74, 6) is 0. The van der Waals surface area contributed by atoms with Crippen molar-refractivity contribution in [2.45, 2.75) is 32.6 Å². The zero-order chi connectivity index (χ0) is 9.84. The summed E-state index contributed by atoms with van der Waals surface area (Å²) in [7, 11) is 1.51. The van der Waals surface area contributed by atoms with Gasteiger partial charge in [0, 0.05) is 13.6 Å². The molecule has 0 N–H and O–H groups in total. The molecule has 0 saturated carbocycles. The first-order valence-electron chi connectivity index (χ1n) is 4.77. The van der Waals surface area contributed by atoms with Crippen molar-refractivity contribution < 1.29 is 9.59 Å². The molecule has 0 unspecified atom stereocenters. The van der Waals surface area contributed by atoms with Crippen LogP contribution in [0.1, 0.15) is 32.6 Å². The molecular formula is C9H16N2O2. The predicted octanol–water partition coefficient (Wildman–Crippen LogP) is 2.05. The maximum absolute atomic E-state index is 11.1. The Morgan fingerprint density at radius 1 is 1.08 bits per heavy atom. The minimum Gasteiger partial charge on any atom is -0.248 e. The van der Waals surface area contributed by atoms with Crippen molar-refractivity contribution in [1.29, 1.82) is 0 Å². The lowest BCUT2D eigenvalue weighted by Gasteiger charge is -2.36. The fourth-order valence-electron chi connectivity index (χ4n) is 1.37. The van der Waals surface area contributed by atoms with Gasteiger partial charge in [-0.15, -0.1) is 0 Å². The molecular weight excluding hydrogens is 168 g/mol. The Bertz CT molecular complexity index is 200. The Morgan fingerprint density at radius 3 is 2.23 bits per heavy atom. The highest BCUT2D eigenvalue weighted by atomic mass is 16.2. The molecule has 0 radical (unpaired) electrons. The molecule has 1 fully saturated rings. The molecule has 0 aliphatic carbocycles. The van der Waals surface area contributed by atoms with Crippen LogP contribution in [0.2, 0.25) is 0 Å². The number of hydrogen-bond acceptors (Lipinski definition) is 2. The third-order valence-electron chi connectivity index (χ3n) is 2.27. The topological polar surface area (TPSA) is 40.6 Å². The van der Waals surface area contributed by atoms with Crippen molar-refractivity contribution in [3.63, 3.8) is 0 Å². The van der Waals surface area contributed by atoms with Crippen molar-refractivity contribution in [1.82, 2.24) is 9.80 Å². The molecule has 4 amide bonds. The molecule has 1 aliphatic rings. The molecule has 1 aliphatic heterocycles. The van der Waals surface area contributed by atoms with Gasteiger partial charge in [0.2, 0.25) is 0 Å². The normalized spacial score (nSPS) is 16.5. The highest BCUT2D eigenvalue weighted by molar-refractivity contribution is 6.11. The first-order chi connectivity index (χ1) is 6.18. The van der Waals surface area contributed by atoms with Crippen LogP contribution in [0.25, 0.3) is 0 Å². The Hall–Kier alpha value is -1.06. The SMILES string of the molecule is CCCCCCN1C(=O)N(C)C1=O. The van der Waals surface area contributed by atoms with E-state index in [1.54, 1.807) is 0 Å². The largest absolute Gasteiger partial charge is 0.336 e. The van der Waals surface area contributed by atoms with Gasteiger partial charge < -0.3 is 0 Å². The first kappa shape index (κ1) is 10.0. The number of carbonyl (C=O) groups is 2. The molecule has 1 saturated heterocycles. The van der Waals surface area contributed by atoms with Crippen LogP contribution in [0.4, 0.5) is 9.59 Å². The molecule has 0 aromatic carbocycles. The number of amides is 4. The van der Waals surface area contributed by atoms with Crippen LogP contribution in [0.5, 0.6) is 0 Å². The van der Waals surface area contributed by atoms with Gasteiger partial charge in [0.15, 0.2) is 0 Å². The predicted molar refractivity (Wildman–Crippen MR) is 49.4 cm³/mol. The van der Waals surface area contributed by atoms with E-state index in [0.717, 1.165) is 17.7 Å². The average Bonchev–Trinajstić information content (AvgIpc) is 2.16. The monoisotopic (exact) mass is 184 g/mol. The van der Waals surface area contributed by atoms with E-state index in [-0.39, 0.29) is 12.1 Å². The maximum Gasteiger partial charge on any atom is 0.336 e. The van der Waals surface area contributed by atoms with Crippen LogP contribution in [-0.2, 0) is 0 Å². The van der Waals surface area contributed by atoms with Crippen LogP contribution < -0.4 is 0 Å². The lowest BCUT2D eigenvalue weighted by molar-refractivity contribution is 0.114. The zero-order valence-electron chi connectivity index (χ0n) is 8.25. The number of imide groups is 2. The van der Waals surface area contributed by atoms with E-state index in [4.69, 9.17) is 0 Å². The van der Waals surface area contributed by atoms with Crippen LogP contribution in [0.15, 0.2) is 0 Å². The Kier molecular flexibility index (Phi) is 3.28. The van der Waals surface area contributed by atoms with Gasteiger partial charge in [0.1, 0.15) is 0 Å². The van der Waals surface area contributed by atoms with Crippen molar-refractivity contribution in [3.05, 3.63) is 0 Å². The smallest absolute Gasteiger partial charge is 0.248 e. The minimum absolute atomic E-state index is 0.165. The van der Waals surface area contributed by atoms with Crippen LogP contribution in [0, 0.1) is 0 Å². The summed E-state index contributed by atoms with van der Waals surface area (Å²) < 4.78 is 0. The second kappa shape index (κ2) is 4.25. The van der Waals surface area contributed by atoms with Gasteiger partial charge >= 0.3 is 12.1 Å². The van der Waals surface area contributed by atoms with Gasteiger partial charge in [-0.25, -0.2) is 19.4 Å². The minimum atomic E-state index is -0.165. The van der Waals surface area contributed by atoms with Gasteiger partial charge in [0.05, 0.1) is 0 Å². The number of rotatable bonds is 5. The fraction of sp³-hybridized carbons (Fsp3) is 0.778. The van der Waals surface area contributed by atoms with Gasteiger partial charge in [0.25, 0.3) is 0 Å². The summed E-state index contributed by atoms with van der Waals surface area (Å²) in [5.41, 5.74) is 0. The van der Waals surface area contributed by atoms with Crippen LogP contribution >= 0.6 is 0 Å². The molecule has 0 aromatic rings. The highest BCUT2D eigenvalue weighted by Gasteiger charge is 2.39. The molecule has 1 heterocycles. The molecule has 0 bridgehead atoms. The molecule has 74 valence electrons. The zero-order valence-corrected chi connectivity index (χ0v) is 8.25. The standard InChI is InChI=1S/C9H16N2O2/c1-3-4-5-6-7-11-8(12)10(2)9(11)13/h3-7H2,1-2H3. The first-order valence-corrected chi connectivity index (χ1v) is 4.77. The molecule has 0 spiro atoms. The summed E-state index contributed by atoms with van der Waals surface area (Å²) >= 11 is 0. The lowest BCUT2D eigenvalue weighted by Crippen LogP contribution is -2.62. The van der Waals surface area contributed by atoms with E-state index >= 15 is 0 Å². The fourth-order valence-corrected chi connectivity index (χ4v) is 1.37. The Labute approximate surface area is 78.5 Å². The molecule has 13 heavy (non-hydrogen) atoms. The van der Waals surface area contributed by atoms with Crippen molar-refractivity contribution in [2.24, 2.45) is 0 Å². The number of carbonyl (C=O) groups excluding carboxylic acids is 2. The van der Waals surface area contributed by atoms with Crippen molar-refractivity contribution >= 4 is 12.1 Å². The third-order valence-corrected chi connectivity index (χ3v) is 2.27. The van der Waals surface area contributed by atoms with Gasteiger partial charge in [-0.05, 0) is 6.42 Å². The Morgan fingerprint density at radius 2 is 1.69 bits per heavy atom. The maximum atomic E-state index is 11.1. The van der Waals surface area contributed by atoms with Crippen LogP contribution in [-0.4, -0.2) is 35.5 Å². The van der Waals surface area contributed by atoms with Crippen molar-refractivity contribution in [2.75, 3.05) is 13.6 Å². The second-order valence-electron chi connectivity index (χ2n) is 3.34. The highest BCUT2D eigenvalue weighted by Crippen LogP contribution is 2.14. The summed E-state index contributed by atoms with van der Waals surface area (Å²) in [6.45, 7) is 2.72. The molecule has 4 heteroatoms. The quantitative estimate of drug-likeness (QED) is 0.613. The second-order valence-corrected chi connectivity index (χ2v) is 3.34. The van der Waals surface area contributed by atoms with Gasteiger partial charge in [-0.3, -0.25) is 0 Å². The van der Waals surface area contributed by atoms with E-state index in [1.165, 1.54) is 24.8 Å². The molecule has 4 nitrogen and oxygen atoms in total. The third kappa shape index (κ3) is 1.99. The van der Waals surface area contributed by atoms with Crippen molar-refractivity contribution in [3.8, 4) is 0 Å². The van der Waals surface area contributed by atoms with E-state index in [2.05, 4.69) is 6.92 Å². The van der Waals surface area contributed by atoms with Gasteiger partial charge in [-0.2, -0.15) is 0 Å². The van der Waals surface area contributed by atoms with Crippen LogP contribution in [0.3, 0.4) is 0 Å². The summed E-state index contributed by atoms with van der Waals surface area (Å²) in [6.07, 6.45) is 4.37. The molecule has 0 aromatic heterocycles. The molecule has 1 rings (SSSR count). The average molecular weight is 184 g/mol. The van der Waals surface area contributed by atoms with E-state index in [0.29, 0.717) is 6.54 Å². The van der Waals surface area contributed by atoms with E-state index < -0.39 is 0 Å².